The second-order valence-electron chi connectivity index (χ2n) is 9.08. The van der Waals surface area contributed by atoms with Gasteiger partial charge in [0.2, 0.25) is 0 Å². The fourth-order valence-electron chi connectivity index (χ4n) is 5.66. The van der Waals surface area contributed by atoms with Crippen LogP contribution in [0.1, 0.15) is 56.9 Å². The summed E-state index contributed by atoms with van der Waals surface area (Å²) in [5.74, 6) is 1.28. The normalized spacial score (nSPS) is 28.0. The maximum atomic E-state index is 12.3. The van der Waals surface area contributed by atoms with Crippen LogP contribution in [-0.4, -0.2) is 52.3 Å². The molecule has 0 aromatic carbocycles. The van der Waals surface area contributed by atoms with Crippen molar-refractivity contribution in [2.75, 3.05) is 13.1 Å². The minimum Gasteiger partial charge on any atom is -0.305 e. The summed E-state index contributed by atoms with van der Waals surface area (Å²) in [4.78, 5) is 11.1. The Morgan fingerprint density at radius 2 is 2.03 bits per heavy atom. The molecule has 160 valence electrons. The second kappa shape index (κ2) is 8.32. The van der Waals surface area contributed by atoms with E-state index in [1.807, 2.05) is 18.5 Å². The Kier molecular flexibility index (Phi) is 5.56. The molecule has 3 unspecified atom stereocenters. The lowest BCUT2D eigenvalue weighted by Gasteiger charge is -2.41. The molecule has 7 nitrogen and oxygen atoms in total. The standard InChI is InChI=1S/C22H29N5O2S/c1-14-3-2-10-27(13-14)22(30(28)29)16-6-4-15(5-7-16)18-11-25-26-19-12-24-21-17(20(18)19)8-9-23-21/h8-9,11-12,14-16,22,26H,2-7,10,13H2,1H3,(H,28,29). The van der Waals surface area contributed by atoms with Gasteiger partial charge in [0.05, 0.1) is 17.9 Å². The first-order valence-corrected chi connectivity index (χ1v) is 12.2. The van der Waals surface area contributed by atoms with Crippen LogP contribution in [0.4, 0.5) is 0 Å². The van der Waals surface area contributed by atoms with Gasteiger partial charge in [-0.3, -0.25) is 10.00 Å². The molecule has 0 bridgehead atoms. The molecule has 0 radical (unpaired) electrons. The van der Waals surface area contributed by atoms with Gasteiger partial charge in [-0.1, -0.05) is 6.92 Å². The molecule has 3 aromatic heterocycles. The first-order chi connectivity index (χ1) is 14.6. The topological polar surface area (TPSA) is 95.0 Å². The predicted octanol–water partition coefficient (Wildman–Crippen LogP) is 4.06. The van der Waals surface area contributed by atoms with Gasteiger partial charge in [-0.05, 0) is 74.5 Å². The average Bonchev–Trinajstić information content (AvgIpc) is 3.23. The number of nitrogens with one attached hydrogen (secondary N) is 1. The van der Waals surface area contributed by atoms with E-state index in [0.29, 0.717) is 11.8 Å². The molecule has 1 aliphatic carbocycles. The number of aromatic amines is 1. The van der Waals surface area contributed by atoms with Crippen LogP contribution in [0.5, 0.6) is 0 Å². The lowest BCUT2D eigenvalue weighted by atomic mass is 9.77. The second-order valence-corrected chi connectivity index (χ2v) is 10.1. The number of fused-ring (bicyclic) bond motifs is 3. The highest BCUT2D eigenvalue weighted by Crippen LogP contribution is 2.42. The van der Waals surface area contributed by atoms with Gasteiger partial charge in [0.25, 0.3) is 0 Å². The summed E-state index contributed by atoms with van der Waals surface area (Å²) < 4.78 is 22.4. The zero-order valence-electron chi connectivity index (χ0n) is 17.3. The minimum atomic E-state index is -1.81. The molecule has 0 amide bonds. The molecule has 5 rings (SSSR count). The van der Waals surface area contributed by atoms with E-state index in [-0.39, 0.29) is 11.3 Å². The first kappa shape index (κ1) is 20.0. The van der Waals surface area contributed by atoms with E-state index < -0.39 is 11.1 Å². The Hall–Kier alpha value is -1.90. The van der Waals surface area contributed by atoms with E-state index in [9.17, 15) is 8.76 Å². The van der Waals surface area contributed by atoms with Gasteiger partial charge in [0.15, 0.2) is 16.7 Å². The van der Waals surface area contributed by atoms with E-state index in [0.717, 1.165) is 61.7 Å². The van der Waals surface area contributed by atoms with Crippen molar-refractivity contribution in [3.8, 4) is 0 Å². The third kappa shape index (κ3) is 3.65. The summed E-state index contributed by atoms with van der Waals surface area (Å²) in [6.45, 7) is 4.13. The molecular formula is C22H29N5O2S. The number of piperidine rings is 1. The summed E-state index contributed by atoms with van der Waals surface area (Å²) in [5.41, 5.74) is 2.95. The Balaban J connectivity index is 1.38. The van der Waals surface area contributed by atoms with Crippen LogP contribution in [0.3, 0.4) is 0 Å². The zero-order valence-corrected chi connectivity index (χ0v) is 18.1. The van der Waals surface area contributed by atoms with Crippen molar-refractivity contribution in [2.24, 2.45) is 11.8 Å². The molecule has 1 aliphatic heterocycles. The van der Waals surface area contributed by atoms with Crippen molar-refractivity contribution in [1.82, 2.24) is 25.1 Å². The van der Waals surface area contributed by atoms with Crippen LogP contribution >= 0.6 is 0 Å². The van der Waals surface area contributed by atoms with E-state index in [1.165, 1.54) is 17.4 Å². The van der Waals surface area contributed by atoms with E-state index >= 15 is 0 Å². The largest absolute Gasteiger partial charge is 0.305 e. The van der Waals surface area contributed by atoms with Crippen LogP contribution < -0.4 is 0 Å². The average molecular weight is 428 g/mol. The summed E-state index contributed by atoms with van der Waals surface area (Å²) in [7, 11) is 0. The fraction of sp³-hybridized carbons (Fsp3) is 0.591. The third-order valence-electron chi connectivity index (χ3n) is 7.08. The number of hydrogen-bond donors (Lipinski definition) is 2. The molecule has 8 heteroatoms. The first-order valence-electron chi connectivity index (χ1n) is 11.0. The van der Waals surface area contributed by atoms with Crippen molar-refractivity contribution in [3.05, 3.63) is 30.2 Å². The number of H-pyrrole nitrogens is 1. The van der Waals surface area contributed by atoms with Crippen LogP contribution in [-0.2, 0) is 11.1 Å². The lowest BCUT2D eigenvalue weighted by molar-refractivity contribution is 0.115. The Bertz CT molecular complexity index is 1060. The molecule has 0 spiro atoms. The maximum Gasteiger partial charge on any atom is 0.171 e. The van der Waals surface area contributed by atoms with E-state index in [4.69, 9.17) is 0 Å². The van der Waals surface area contributed by atoms with Crippen molar-refractivity contribution < 1.29 is 8.76 Å². The molecule has 1 saturated carbocycles. The molecular weight excluding hydrogens is 398 g/mol. The molecule has 1 saturated heterocycles. The maximum absolute atomic E-state index is 12.3. The SMILES string of the molecule is CC1CCCN(C(C2CCC(c3cn[nH]c4cnc5nccc5c34)CC2)S(=O)O)C1. The van der Waals surface area contributed by atoms with Crippen molar-refractivity contribution >= 4 is 33.0 Å². The number of pyridine rings is 1. The van der Waals surface area contributed by atoms with E-state index in [2.05, 4.69) is 32.0 Å². The molecule has 2 fully saturated rings. The highest BCUT2D eigenvalue weighted by Gasteiger charge is 2.37. The number of rotatable bonds is 4. The van der Waals surface area contributed by atoms with E-state index in [1.54, 1.807) is 6.20 Å². The summed E-state index contributed by atoms with van der Waals surface area (Å²) in [6, 6.07) is 2.02. The fourth-order valence-corrected chi connectivity index (χ4v) is 6.71. The van der Waals surface area contributed by atoms with Gasteiger partial charge in [0.1, 0.15) is 5.37 Å². The molecule has 3 aromatic rings. The van der Waals surface area contributed by atoms with Crippen molar-refractivity contribution in [1.29, 1.82) is 0 Å². The van der Waals surface area contributed by atoms with Gasteiger partial charge in [-0.25, -0.2) is 14.2 Å². The Morgan fingerprint density at radius 3 is 2.80 bits per heavy atom. The van der Waals surface area contributed by atoms with Gasteiger partial charge >= 0.3 is 0 Å². The van der Waals surface area contributed by atoms with Crippen molar-refractivity contribution in [3.63, 3.8) is 0 Å². The number of aromatic nitrogens is 4. The number of hydrogen-bond acceptors (Lipinski definition) is 5. The molecule has 30 heavy (non-hydrogen) atoms. The number of likely N-dealkylation sites (tertiary alicyclic amines) is 1. The summed E-state index contributed by atoms with van der Waals surface area (Å²) in [6.07, 6.45) is 11.9. The Labute approximate surface area is 179 Å². The Morgan fingerprint density at radius 1 is 1.20 bits per heavy atom. The molecule has 2 N–H and O–H groups in total. The lowest BCUT2D eigenvalue weighted by Crippen LogP contribution is -2.48. The van der Waals surface area contributed by atoms with Gasteiger partial charge in [0, 0.05) is 23.5 Å². The van der Waals surface area contributed by atoms with Crippen LogP contribution in [0, 0.1) is 11.8 Å². The predicted molar refractivity (Wildman–Crippen MR) is 118 cm³/mol. The van der Waals surface area contributed by atoms with Crippen LogP contribution in [0.15, 0.2) is 24.7 Å². The highest BCUT2D eigenvalue weighted by atomic mass is 32.2. The highest BCUT2D eigenvalue weighted by molar-refractivity contribution is 7.79. The summed E-state index contributed by atoms with van der Waals surface area (Å²) in [5, 5.41) is 9.45. The van der Waals surface area contributed by atoms with Gasteiger partial charge < -0.3 is 4.55 Å². The summed E-state index contributed by atoms with van der Waals surface area (Å²) >= 11 is -1.81. The van der Waals surface area contributed by atoms with Gasteiger partial charge in [-0.2, -0.15) is 5.10 Å². The van der Waals surface area contributed by atoms with Crippen LogP contribution in [0.2, 0.25) is 0 Å². The van der Waals surface area contributed by atoms with Crippen molar-refractivity contribution in [2.45, 2.75) is 56.7 Å². The molecule has 4 heterocycles. The van der Waals surface area contributed by atoms with Gasteiger partial charge in [-0.15, -0.1) is 0 Å². The zero-order chi connectivity index (χ0) is 20.7. The smallest absolute Gasteiger partial charge is 0.171 e. The third-order valence-corrected chi connectivity index (χ3v) is 8.18. The quantitative estimate of drug-likeness (QED) is 0.610. The van der Waals surface area contributed by atoms with Crippen LogP contribution in [0.25, 0.3) is 21.9 Å². The minimum absolute atomic E-state index is 0.233. The molecule has 3 atom stereocenters. The monoisotopic (exact) mass is 427 g/mol. The number of nitrogens with zero attached hydrogens (tertiary/aromatic N) is 4. The molecule has 2 aliphatic rings.